The van der Waals surface area contributed by atoms with Crippen LogP contribution in [0.5, 0.6) is 5.75 Å². The van der Waals surface area contributed by atoms with Gasteiger partial charge in [0.25, 0.3) is 0 Å². The smallest absolute Gasteiger partial charge is 0.161 e. The van der Waals surface area contributed by atoms with E-state index in [2.05, 4.69) is 34.2 Å². The van der Waals surface area contributed by atoms with Crippen molar-refractivity contribution in [2.24, 2.45) is 0 Å². The van der Waals surface area contributed by atoms with Crippen molar-refractivity contribution in [1.82, 2.24) is 15.1 Å². The molecular weight excluding hydrogens is 234 g/mol. The minimum Gasteiger partial charge on any atom is -0.493 e. The molecule has 5 heteroatoms. The average molecular weight is 251 g/mol. The summed E-state index contributed by atoms with van der Waals surface area (Å²) >= 11 is 1.70. The first-order valence-corrected chi connectivity index (χ1v) is 6.55. The van der Waals surface area contributed by atoms with E-state index in [0.29, 0.717) is 0 Å². The second-order valence-corrected chi connectivity index (χ2v) is 4.47. The van der Waals surface area contributed by atoms with E-state index >= 15 is 0 Å². The summed E-state index contributed by atoms with van der Waals surface area (Å²) < 4.78 is 7.36. The minimum absolute atomic E-state index is 0.124. The van der Waals surface area contributed by atoms with Crippen LogP contribution in [0.1, 0.15) is 24.2 Å². The maximum absolute atomic E-state index is 5.39. The Hall–Kier alpha value is -1.33. The van der Waals surface area contributed by atoms with Crippen LogP contribution >= 0.6 is 11.3 Å². The van der Waals surface area contributed by atoms with E-state index in [0.717, 1.165) is 18.0 Å². The van der Waals surface area contributed by atoms with Crippen molar-refractivity contribution >= 4 is 11.3 Å². The van der Waals surface area contributed by atoms with Crippen LogP contribution in [-0.4, -0.2) is 23.9 Å². The standard InChI is InChI=1S/C12H17N3OS/c1-4-15-12(10(16-3)7-14-15)11(13-2)9-5-6-17-8-9/h5-8,11,13H,4H2,1-3H3. The average Bonchev–Trinajstić information content (AvgIpc) is 2.99. The van der Waals surface area contributed by atoms with Crippen molar-refractivity contribution in [2.75, 3.05) is 14.2 Å². The summed E-state index contributed by atoms with van der Waals surface area (Å²) in [6, 6.07) is 2.25. The van der Waals surface area contributed by atoms with Gasteiger partial charge in [-0.3, -0.25) is 4.68 Å². The molecule has 1 N–H and O–H groups in total. The fraction of sp³-hybridized carbons (Fsp3) is 0.417. The third-order valence-electron chi connectivity index (χ3n) is 2.80. The fourth-order valence-electron chi connectivity index (χ4n) is 1.98. The van der Waals surface area contributed by atoms with Gasteiger partial charge in [-0.2, -0.15) is 16.4 Å². The number of hydrogen-bond acceptors (Lipinski definition) is 4. The number of rotatable bonds is 5. The maximum Gasteiger partial charge on any atom is 0.161 e. The van der Waals surface area contributed by atoms with Crippen molar-refractivity contribution < 1.29 is 4.74 Å². The number of nitrogens with zero attached hydrogens (tertiary/aromatic N) is 2. The second-order valence-electron chi connectivity index (χ2n) is 3.69. The molecule has 0 saturated carbocycles. The zero-order valence-electron chi connectivity index (χ0n) is 10.3. The second kappa shape index (κ2) is 5.33. The van der Waals surface area contributed by atoms with Crippen LogP contribution in [0.25, 0.3) is 0 Å². The molecule has 2 rings (SSSR count). The van der Waals surface area contributed by atoms with E-state index in [1.54, 1.807) is 24.6 Å². The van der Waals surface area contributed by atoms with Crippen molar-refractivity contribution in [3.63, 3.8) is 0 Å². The van der Waals surface area contributed by atoms with Crippen LogP contribution in [0, 0.1) is 0 Å². The Morgan fingerprint density at radius 1 is 1.59 bits per heavy atom. The number of nitrogens with one attached hydrogen (secondary N) is 1. The van der Waals surface area contributed by atoms with Gasteiger partial charge in [-0.1, -0.05) is 0 Å². The van der Waals surface area contributed by atoms with Crippen molar-refractivity contribution in [3.05, 3.63) is 34.3 Å². The van der Waals surface area contributed by atoms with Gasteiger partial charge in [0.15, 0.2) is 5.75 Å². The number of aryl methyl sites for hydroxylation is 1. The summed E-state index contributed by atoms with van der Waals surface area (Å²) in [6.07, 6.45) is 1.77. The number of thiophene rings is 1. The number of hydrogen-bond donors (Lipinski definition) is 1. The van der Waals surface area contributed by atoms with Gasteiger partial charge in [0, 0.05) is 6.54 Å². The Bertz CT molecular complexity index is 443. The van der Waals surface area contributed by atoms with Gasteiger partial charge in [0.2, 0.25) is 0 Å². The molecule has 0 aliphatic carbocycles. The van der Waals surface area contributed by atoms with E-state index in [-0.39, 0.29) is 6.04 Å². The van der Waals surface area contributed by atoms with Gasteiger partial charge >= 0.3 is 0 Å². The maximum atomic E-state index is 5.39. The summed E-state index contributed by atoms with van der Waals surface area (Å²) in [5, 5.41) is 11.9. The number of aromatic nitrogens is 2. The van der Waals surface area contributed by atoms with E-state index in [1.165, 1.54) is 5.56 Å². The van der Waals surface area contributed by atoms with Crippen LogP contribution < -0.4 is 10.1 Å². The SMILES string of the molecule is CCn1ncc(OC)c1C(NC)c1ccsc1. The molecule has 2 aromatic rings. The molecule has 0 aromatic carbocycles. The third kappa shape index (κ3) is 2.21. The van der Waals surface area contributed by atoms with Gasteiger partial charge in [-0.05, 0) is 36.4 Å². The first-order chi connectivity index (χ1) is 8.31. The molecule has 2 heterocycles. The lowest BCUT2D eigenvalue weighted by Crippen LogP contribution is -2.21. The van der Waals surface area contributed by atoms with Crippen LogP contribution in [0.3, 0.4) is 0 Å². The van der Waals surface area contributed by atoms with Crippen molar-refractivity contribution in [3.8, 4) is 5.75 Å². The molecule has 4 nitrogen and oxygen atoms in total. The normalized spacial score (nSPS) is 12.6. The molecule has 0 radical (unpaired) electrons. The molecule has 1 unspecified atom stereocenters. The lowest BCUT2D eigenvalue weighted by atomic mass is 10.1. The molecule has 0 aliphatic rings. The molecule has 0 bridgehead atoms. The summed E-state index contributed by atoms with van der Waals surface area (Å²) in [4.78, 5) is 0. The van der Waals surface area contributed by atoms with Crippen LogP contribution in [-0.2, 0) is 6.54 Å². The molecule has 2 aromatic heterocycles. The van der Waals surface area contributed by atoms with Crippen LogP contribution in [0.2, 0.25) is 0 Å². The lowest BCUT2D eigenvalue weighted by Gasteiger charge is -2.17. The molecule has 1 atom stereocenters. The Morgan fingerprint density at radius 2 is 2.41 bits per heavy atom. The highest BCUT2D eigenvalue weighted by Gasteiger charge is 2.21. The van der Waals surface area contributed by atoms with Crippen molar-refractivity contribution in [1.29, 1.82) is 0 Å². The summed E-state index contributed by atoms with van der Waals surface area (Å²) in [6.45, 7) is 2.91. The van der Waals surface area contributed by atoms with Gasteiger partial charge in [-0.15, -0.1) is 0 Å². The van der Waals surface area contributed by atoms with E-state index in [9.17, 15) is 0 Å². The Labute approximate surface area is 105 Å². The highest BCUT2D eigenvalue weighted by atomic mass is 32.1. The zero-order chi connectivity index (χ0) is 12.3. The highest BCUT2D eigenvalue weighted by Crippen LogP contribution is 2.30. The number of methoxy groups -OCH3 is 1. The summed E-state index contributed by atoms with van der Waals surface area (Å²) in [5.74, 6) is 0.831. The summed E-state index contributed by atoms with van der Waals surface area (Å²) in [7, 11) is 3.63. The zero-order valence-corrected chi connectivity index (χ0v) is 11.1. The minimum atomic E-state index is 0.124. The first kappa shape index (κ1) is 12.1. The molecule has 92 valence electrons. The first-order valence-electron chi connectivity index (χ1n) is 5.60. The van der Waals surface area contributed by atoms with Crippen LogP contribution in [0.15, 0.2) is 23.0 Å². The predicted molar refractivity (Wildman–Crippen MR) is 69.7 cm³/mol. The molecule has 17 heavy (non-hydrogen) atoms. The monoisotopic (exact) mass is 251 g/mol. The van der Waals surface area contributed by atoms with Gasteiger partial charge in [0.05, 0.1) is 19.3 Å². The largest absolute Gasteiger partial charge is 0.493 e. The quantitative estimate of drug-likeness (QED) is 0.886. The highest BCUT2D eigenvalue weighted by molar-refractivity contribution is 7.08. The van der Waals surface area contributed by atoms with E-state index < -0.39 is 0 Å². The Balaban J connectivity index is 2.46. The van der Waals surface area contributed by atoms with Gasteiger partial charge in [-0.25, -0.2) is 0 Å². The molecule has 0 saturated heterocycles. The van der Waals surface area contributed by atoms with Gasteiger partial charge < -0.3 is 10.1 Å². The van der Waals surface area contributed by atoms with Crippen molar-refractivity contribution in [2.45, 2.75) is 19.5 Å². The van der Waals surface area contributed by atoms with Gasteiger partial charge in [0.1, 0.15) is 5.69 Å². The molecule has 0 amide bonds. The Morgan fingerprint density at radius 3 is 2.94 bits per heavy atom. The molecule has 0 spiro atoms. The Kier molecular flexibility index (Phi) is 3.81. The molecule has 0 aliphatic heterocycles. The predicted octanol–water partition coefficient (Wildman–Crippen LogP) is 2.28. The van der Waals surface area contributed by atoms with E-state index in [4.69, 9.17) is 4.74 Å². The topological polar surface area (TPSA) is 39.1 Å². The molecule has 0 fully saturated rings. The lowest BCUT2D eigenvalue weighted by molar-refractivity contribution is 0.401. The fourth-order valence-corrected chi connectivity index (χ4v) is 2.66. The van der Waals surface area contributed by atoms with E-state index in [1.807, 2.05) is 11.7 Å². The molecular formula is C12H17N3OS. The number of ether oxygens (including phenoxy) is 1. The van der Waals surface area contributed by atoms with Crippen LogP contribution in [0.4, 0.5) is 0 Å². The third-order valence-corrected chi connectivity index (χ3v) is 3.50. The summed E-state index contributed by atoms with van der Waals surface area (Å²) in [5.41, 5.74) is 2.32.